The normalized spacial score (nSPS) is 10.9. The van der Waals surface area contributed by atoms with Crippen molar-refractivity contribution < 1.29 is 8.78 Å². The minimum absolute atomic E-state index is 0.190. The Morgan fingerprint density at radius 3 is 2.17 bits per heavy atom. The minimum atomic E-state index is -0.855. The number of para-hydroxylation sites is 1. The highest BCUT2D eigenvalue weighted by molar-refractivity contribution is 5.76. The van der Waals surface area contributed by atoms with E-state index in [1.54, 1.807) is 50.2 Å². The van der Waals surface area contributed by atoms with Crippen LogP contribution in [0.3, 0.4) is 0 Å². The van der Waals surface area contributed by atoms with Crippen LogP contribution in [0.5, 0.6) is 0 Å². The summed E-state index contributed by atoms with van der Waals surface area (Å²) in [5.41, 5.74) is 7.20. The lowest BCUT2D eigenvalue weighted by atomic mass is 9.96. The molecule has 1 nitrogen and oxygen atoms in total. The molecule has 0 aliphatic heterocycles. The van der Waals surface area contributed by atoms with Crippen molar-refractivity contribution in [3.05, 3.63) is 59.5 Å². The summed E-state index contributed by atoms with van der Waals surface area (Å²) >= 11 is 0. The van der Waals surface area contributed by atoms with E-state index >= 15 is 0 Å². The van der Waals surface area contributed by atoms with Gasteiger partial charge < -0.3 is 5.73 Å². The van der Waals surface area contributed by atoms with Gasteiger partial charge in [-0.3, -0.25) is 0 Å². The highest BCUT2D eigenvalue weighted by Crippen LogP contribution is 2.31. The number of halogens is 2. The van der Waals surface area contributed by atoms with Crippen LogP contribution in [0.15, 0.2) is 36.4 Å². The molecule has 0 atom stereocenters. The molecule has 0 bridgehead atoms. The lowest BCUT2D eigenvalue weighted by molar-refractivity contribution is 0.504. The number of nitrogen functional groups attached to an aromatic ring is 1. The molecule has 1 radical (unpaired) electrons. The van der Waals surface area contributed by atoms with Crippen molar-refractivity contribution in [2.75, 3.05) is 5.73 Å². The average molecular weight is 246 g/mol. The van der Waals surface area contributed by atoms with Gasteiger partial charge in [-0.1, -0.05) is 44.2 Å². The van der Waals surface area contributed by atoms with Crippen LogP contribution in [0.25, 0.3) is 11.1 Å². The van der Waals surface area contributed by atoms with Gasteiger partial charge in [-0.25, -0.2) is 8.78 Å². The molecule has 0 saturated carbocycles. The van der Waals surface area contributed by atoms with Gasteiger partial charge in [-0.15, -0.1) is 0 Å². The molecule has 18 heavy (non-hydrogen) atoms. The first-order chi connectivity index (χ1) is 8.52. The topological polar surface area (TPSA) is 26.0 Å². The van der Waals surface area contributed by atoms with E-state index in [2.05, 4.69) is 0 Å². The van der Waals surface area contributed by atoms with Gasteiger partial charge in [0.25, 0.3) is 0 Å². The smallest absolute Gasteiger partial charge is 0.167 e. The van der Waals surface area contributed by atoms with Gasteiger partial charge in [-0.2, -0.15) is 0 Å². The summed E-state index contributed by atoms with van der Waals surface area (Å²) in [4.78, 5) is 0. The second kappa shape index (κ2) is 4.77. The lowest BCUT2D eigenvalue weighted by Gasteiger charge is -2.12. The van der Waals surface area contributed by atoms with E-state index < -0.39 is 11.6 Å². The zero-order valence-electron chi connectivity index (χ0n) is 10.3. The average Bonchev–Trinajstić information content (AvgIpc) is 2.33. The van der Waals surface area contributed by atoms with Gasteiger partial charge >= 0.3 is 0 Å². The molecular weight excluding hydrogens is 232 g/mol. The first kappa shape index (κ1) is 12.6. The Hall–Kier alpha value is -1.90. The van der Waals surface area contributed by atoms with Crippen LogP contribution in [-0.2, 0) is 0 Å². The molecule has 0 amide bonds. The fraction of sp³-hybridized carbons (Fsp3) is 0.133. The predicted octanol–water partition coefficient (Wildman–Crippen LogP) is 4.18. The summed E-state index contributed by atoms with van der Waals surface area (Å²) in [7, 11) is 0. The molecule has 2 N–H and O–H groups in total. The highest BCUT2D eigenvalue weighted by Gasteiger charge is 2.17. The van der Waals surface area contributed by atoms with E-state index in [4.69, 9.17) is 5.73 Å². The van der Waals surface area contributed by atoms with Crippen LogP contribution in [-0.4, -0.2) is 0 Å². The Labute approximate surface area is 105 Å². The molecule has 0 heterocycles. The van der Waals surface area contributed by atoms with Crippen molar-refractivity contribution in [1.82, 2.24) is 0 Å². The molecule has 0 spiro atoms. The summed E-state index contributed by atoms with van der Waals surface area (Å²) < 4.78 is 27.9. The monoisotopic (exact) mass is 246 g/mol. The fourth-order valence-electron chi connectivity index (χ4n) is 1.89. The Morgan fingerprint density at radius 1 is 0.889 bits per heavy atom. The Kier molecular flexibility index (Phi) is 3.32. The van der Waals surface area contributed by atoms with Crippen molar-refractivity contribution in [2.24, 2.45) is 0 Å². The van der Waals surface area contributed by atoms with E-state index in [1.807, 2.05) is 0 Å². The third-order valence-corrected chi connectivity index (χ3v) is 2.87. The third kappa shape index (κ3) is 2.08. The molecule has 93 valence electrons. The second-order valence-electron chi connectivity index (χ2n) is 4.38. The van der Waals surface area contributed by atoms with Crippen molar-refractivity contribution >= 4 is 5.69 Å². The SMILES string of the molecule is C[C](C)c1ccc(-c2ccccc2N)c(F)c1F. The van der Waals surface area contributed by atoms with Crippen LogP contribution in [0.1, 0.15) is 19.4 Å². The standard InChI is InChI=1S/C15H14F2N/c1-9(2)10-7-8-12(15(17)14(10)16)11-5-3-4-6-13(11)18/h3-8H,18H2,1-2H3. The van der Waals surface area contributed by atoms with Crippen LogP contribution in [0.4, 0.5) is 14.5 Å². The number of rotatable bonds is 2. The summed E-state index contributed by atoms with van der Waals surface area (Å²) in [6.07, 6.45) is 0. The Balaban J connectivity index is 2.61. The summed E-state index contributed by atoms with van der Waals surface area (Å²) in [6, 6.07) is 9.98. The van der Waals surface area contributed by atoms with Gasteiger partial charge in [-0.05, 0) is 11.6 Å². The maximum atomic E-state index is 14.0. The number of benzene rings is 2. The van der Waals surface area contributed by atoms with Gasteiger partial charge in [0.2, 0.25) is 0 Å². The Morgan fingerprint density at radius 2 is 1.56 bits per heavy atom. The number of anilines is 1. The van der Waals surface area contributed by atoms with E-state index in [9.17, 15) is 8.78 Å². The van der Waals surface area contributed by atoms with Crippen LogP contribution >= 0.6 is 0 Å². The summed E-state index contributed by atoms with van der Waals surface area (Å²) in [5, 5.41) is 0. The van der Waals surface area contributed by atoms with Crippen LogP contribution < -0.4 is 5.73 Å². The quantitative estimate of drug-likeness (QED) is 0.790. The van der Waals surface area contributed by atoms with E-state index in [0.29, 0.717) is 16.8 Å². The van der Waals surface area contributed by atoms with Gasteiger partial charge in [0.15, 0.2) is 11.6 Å². The molecule has 2 aromatic rings. The van der Waals surface area contributed by atoms with E-state index in [-0.39, 0.29) is 5.56 Å². The van der Waals surface area contributed by atoms with Crippen molar-refractivity contribution in [1.29, 1.82) is 0 Å². The zero-order chi connectivity index (χ0) is 13.3. The molecule has 0 aromatic heterocycles. The largest absolute Gasteiger partial charge is 0.398 e. The van der Waals surface area contributed by atoms with Crippen molar-refractivity contribution in [3.63, 3.8) is 0 Å². The number of nitrogens with two attached hydrogens (primary N) is 1. The lowest BCUT2D eigenvalue weighted by Crippen LogP contribution is -2.00. The van der Waals surface area contributed by atoms with Crippen molar-refractivity contribution in [3.8, 4) is 11.1 Å². The molecule has 2 aromatic carbocycles. The molecule has 0 aliphatic rings. The fourth-order valence-corrected chi connectivity index (χ4v) is 1.89. The van der Waals surface area contributed by atoms with Crippen LogP contribution in [0, 0.1) is 17.6 Å². The van der Waals surface area contributed by atoms with Gasteiger partial charge in [0.05, 0.1) is 0 Å². The predicted molar refractivity (Wildman–Crippen MR) is 69.9 cm³/mol. The van der Waals surface area contributed by atoms with Crippen LogP contribution in [0.2, 0.25) is 0 Å². The number of hydrogen-bond acceptors (Lipinski definition) is 1. The van der Waals surface area contributed by atoms with Crippen molar-refractivity contribution in [2.45, 2.75) is 13.8 Å². The van der Waals surface area contributed by atoms with E-state index in [1.165, 1.54) is 0 Å². The Bertz CT molecular complexity index is 577. The second-order valence-corrected chi connectivity index (χ2v) is 4.38. The summed E-state index contributed by atoms with van der Waals surface area (Å²) in [5.74, 6) is -0.943. The zero-order valence-corrected chi connectivity index (χ0v) is 10.3. The minimum Gasteiger partial charge on any atom is -0.398 e. The molecule has 0 aliphatic carbocycles. The molecule has 2 rings (SSSR count). The van der Waals surface area contributed by atoms with Gasteiger partial charge in [0.1, 0.15) is 0 Å². The third-order valence-electron chi connectivity index (χ3n) is 2.87. The number of hydrogen-bond donors (Lipinski definition) is 1. The highest BCUT2D eigenvalue weighted by atomic mass is 19.2. The maximum absolute atomic E-state index is 14.0. The molecular formula is C15H14F2N. The first-order valence-electron chi connectivity index (χ1n) is 5.65. The molecule has 0 fully saturated rings. The van der Waals surface area contributed by atoms with E-state index in [0.717, 1.165) is 5.92 Å². The molecule has 0 unspecified atom stereocenters. The summed E-state index contributed by atoms with van der Waals surface area (Å²) in [6.45, 7) is 3.49. The van der Waals surface area contributed by atoms with Gasteiger partial charge in [0, 0.05) is 22.7 Å². The maximum Gasteiger partial charge on any atom is 0.167 e. The molecule has 0 saturated heterocycles. The molecule has 3 heteroatoms. The first-order valence-corrected chi connectivity index (χ1v) is 5.65.